The van der Waals surface area contributed by atoms with E-state index in [4.69, 9.17) is 4.74 Å². The second kappa shape index (κ2) is 9.99. The van der Waals surface area contributed by atoms with E-state index >= 15 is 0 Å². The van der Waals surface area contributed by atoms with E-state index in [1.165, 1.54) is 25.0 Å². The molecule has 1 aromatic carbocycles. The van der Waals surface area contributed by atoms with Crippen molar-refractivity contribution in [2.45, 2.75) is 39.0 Å². The summed E-state index contributed by atoms with van der Waals surface area (Å²) in [5.41, 5.74) is 0.763. The van der Waals surface area contributed by atoms with Gasteiger partial charge in [-0.3, -0.25) is 10.1 Å². The summed E-state index contributed by atoms with van der Waals surface area (Å²) in [6.45, 7) is 3.73. The molecular weight excluding hydrogens is 254 g/mol. The van der Waals surface area contributed by atoms with Gasteiger partial charge in [0.15, 0.2) is 0 Å². The fourth-order valence-corrected chi connectivity index (χ4v) is 1.68. The molecule has 0 amide bonds. The third-order valence-electron chi connectivity index (χ3n) is 2.77. The quantitative estimate of drug-likeness (QED) is 0.312. The third kappa shape index (κ3) is 6.91. The molecule has 1 rings (SSSR count). The Balaban J connectivity index is 2.22. The highest BCUT2D eigenvalue weighted by Crippen LogP contribution is 2.11. The Morgan fingerprint density at radius 1 is 1.25 bits per heavy atom. The number of benzene rings is 1. The van der Waals surface area contributed by atoms with Gasteiger partial charge in [-0.15, -0.1) is 0 Å². The molecule has 0 heterocycles. The van der Waals surface area contributed by atoms with Crippen LogP contribution < -0.4 is 0 Å². The van der Waals surface area contributed by atoms with Crippen molar-refractivity contribution in [1.82, 2.24) is 0 Å². The molecule has 4 heteroatoms. The van der Waals surface area contributed by atoms with Gasteiger partial charge in [0.25, 0.3) is 5.69 Å². The molecule has 108 valence electrons. The number of nitro groups is 1. The number of ether oxygens (including phenoxy) is 1. The molecule has 4 nitrogen and oxygen atoms in total. The molecule has 0 atom stereocenters. The Morgan fingerprint density at radius 3 is 2.80 bits per heavy atom. The number of non-ortho nitro benzene ring substituents is 1. The molecular formula is C16H21NO3. The normalized spacial score (nSPS) is 9.85. The summed E-state index contributed by atoms with van der Waals surface area (Å²) in [6.07, 6.45) is 5.19. The average molecular weight is 275 g/mol. The first-order valence-corrected chi connectivity index (χ1v) is 7.05. The minimum Gasteiger partial charge on any atom is -0.381 e. The Labute approximate surface area is 120 Å². The first-order chi connectivity index (χ1) is 9.74. The summed E-state index contributed by atoms with van der Waals surface area (Å²) in [4.78, 5) is 10.2. The largest absolute Gasteiger partial charge is 0.381 e. The highest BCUT2D eigenvalue weighted by atomic mass is 16.6. The summed E-state index contributed by atoms with van der Waals surface area (Å²) in [6, 6.07) is 6.39. The van der Waals surface area contributed by atoms with Crippen molar-refractivity contribution < 1.29 is 9.66 Å². The first-order valence-electron chi connectivity index (χ1n) is 7.05. The van der Waals surface area contributed by atoms with Gasteiger partial charge in [-0.05, 0) is 18.9 Å². The molecule has 0 saturated heterocycles. The number of rotatable bonds is 8. The van der Waals surface area contributed by atoms with E-state index in [-0.39, 0.29) is 5.69 Å². The van der Waals surface area contributed by atoms with Crippen LogP contribution in [0.3, 0.4) is 0 Å². The zero-order valence-electron chi connectivity index (χ0n) is 11.9. The summed E-state index contributed by atoms with van der Waals surface area (Å²) >= 11 is 0. The second-order valence-electron chi connectivity index (χ2n) is 4.53. The molecule has 20 heavy (non-hydrogen) atoms. The summed E-state index contributed by atoms with van der Waals surface area (Å²) in [7, 11) is 0. The first kappa shape index (κ1) is 16.2. The van der Waals surface area contributed by atoms with Crippen LogP contribution in [0.4, 0.5) is 5.69 Å². The molecule has 1 aromatic rings. The van der Waals surface area contributed by atoms with E-state index in [1.807, 2.05) is 0 Å². The van der Waals surface area contributed by atoms with Crippen LogP contribution in [0.2, 0.25) is 0 Å². The maximum atomic E-state index is 10.6. The highest BCUT2D eigenvalue weighted by Gasteiger charge is 2.03. The van der Waals surface area contributed by atoms with Crippen molar-refractivity contribution >= 4 is 5.69 Å². The molecule has 0 fully saturated rings. The van der Waals surface area contributed by atoms with Gasteiger partial charge < -0.3 is 4.74 Å². The van der Waals surface area contributed by atoms with E-state index < -0.39 is 4.92 Å². The zero-order chi connectivity index (χ0) is 14.6. The van der Waals surface area contributed by atoms with Crippen LogP contribution in [0.25, 0.3) is 0 Å². The molecule has 0 spiro atoms. The molecule has 0 saturated carbocycles. The van der Waals surface area contributed by atoms with E-state index in [0.29, 0.717) is 5.56 Å². The molecule has 0 aromatic heterocycles. The van der Waals surface area contributed by atoms with Gasteiger partial charge in [-0.1, -0.05) is 37.7 Å². The maximum Gasteiger partial charge on any atom is 0.270 e. The topological polar surface area (TPSA) is 52.4 Å². The fraction of sp³-hybridized carbons (Fsp3) is 0.500. The van der Waals surface area contributed by atoms with Gasteiger partial charge in [0.1, 0.15) is 0 Å². The Bertz CT molecular complexity index is 474. The van der Waals surface area contributed by atoms with Gasteiger partial charge >= 0.3 is 0 Å². The molecule has 0 aliphatic heterocycles. The molecule has 0 N–H and O–H groups in total. The average Bonchev–Trinajstić information content (AvgIpc) is 2.46. The van der Waals surface area contributed by atoms with Crippen molar-refractivity contribution in [2.75, 3.05) is 13.2 Å². The van der Waals surface area contributed by atoms with Crippen molar-refractivity contribution in [3.8, 4) is 11.8 Å². The molecule has 0 radical (unpaired) electrons. The van der Waals surface area contributed by atoms with E-state index in [2.05, 4.69) is 18.8 Å². The van der Waals surface area contributed by atoms with Gasteiger partial charge in [-0.2, -0.15) is 0 Å². The molecule has 0 bridgehead atoms. The Hall–Kier alpha value is -1.86. The summed E-state index contributed by atoms with van der Waals surface area (Å²) in [5.74, 6) is 5.96. The Kier molecular flexibility index (Phi) is 8.09. The van der Waals surface area contributed by atoms with Crippen LogP contribution in [-0.4, -0.2) is 18.1 Å². The van der Waals surface area contributed by atoms with Gasteiger partial charge in [-0.25, -0.2) is 0 Å². The number of unbranched alkanes of at least 4 members (excludes halogenated alkanes) is 3. The highest BCUT2D eigenvalue weighted by molar-refractivity contribution is 5.42. The van der Waals surface area contributed by atoms with Gasteiger partial charge in [0.05, 0.1) is 4.92 Å². The van der Waals surface area contributed by atoms with E-state index in [0.717, 1.165) is 32.5 Å². The lowest BCUT2D eigenvalue weighted by molar-refractivity contribution is -0.384. The predicted molar refractivity (Wildman–Crippen MR) is 79.6 cm³/mol. The minimum absolute atomic E-state index is 0.0797. The third-order valence-corrected chi connectivity index (χ3v) is 2.77. The van der Waals surface area contributed by atoms with Crippen LogP contribution in [0.1, 0.15) is 44.6 Å². The summed E-state index contributed by atoms with van der Waals surface area (Å²) in [5, 5.41) is 10.6. The smallest absolute Gasteiger partial charge is 0.270 e. The van der Waals surface area contributed by atoms with Crippen LogP contribution in [0.15, 0.2) is 24.3 Å². The number of nitrogens with zero attached hydrogens (tertiary/aromatic N) is 1. The number of nitro benzene ring substituents is 1. The van der Waals surface area contributed by atoms with Crippen LogP contribution in [0, 0.1) is 22.0 Å². The lowest BCUT2D eigenvalue weighted by Crippen LogP contribution is -1.96. The maximum absolute atomic E-state index is 10.6. The molecule has 0 unspecified atom stereocenters. The van der Waals surface area contributed by atoms with E-state index in [9.17, 15) is 10.1 Å². The van der Waals surface area contributed by atoms with Crippen LogP contribution in [0.5, 0.6) is 0 Å². The number of hydrogen-bond donors (Lipinski definition) is 0. The summed E-state index contributed by atoms with van der Waals surface area (Å²) < 4.78 is 5.48. The van der Waals surface area contributed by atoms with Crippen molar-refractivity contribution in [3.05, 3.63) is 39.9 Å². The molecule has 0 aliphatic carbocycles. The van der Waals surface area contributed by atoms with Crippen LogP contribution in [-0.2, 0) is 4.74 Å². The predicted octanol–water partition coefficient (Wildman–Crippen LogP) is 3.93. The van der Waals surface area contributed by atoms with E-state index in [1.54, 1.807) is 12.1 Å². The lowest BCUT2D eigenvalue weighted by atomic mass is 10.2. The second-order valence-corrected chi connectivity index (χ2v) is 4.53. The van der Waals surface area contributed by atoms with Crippen LogP contribution >= 0.6 is 0 Å². The monoisotopic (exact) mass is 275 g/mol. The fourth-order valence-electron chi connectivity index (χ4n) is 1.68. The SMILES string of the molecule is CCCCCOCCCC#Cc1cccc([N+](=O)[O-])c1. The van der Waals surface area contributed by atoms with Gasteiger partial charge in [0.2, 0.25) is 0 Å². The minimum atomic E-state index is -0.407. The zero-order valence-corrected chi connectivity index (χ0v) is 11.9. The lowest BCUT2D eigenvalue weighted by Gasteiger charge is -2.00. The van der Waals surface area contributed by atoms with Crippen molar-refractivity contribution in [1.29, 1.82) is 0 Å². The molecule has 0 aliphatic rings. The van der Waals surface area contributed by atoms with Crippen molar-refractivity contribution in [3.63, 3.8) is 0 Å². The van der Waals surface area contributed by atoms with Gasteiger partial charge in [0, 0.05) is 37.3 Å². The number of hydrogen-bond acceptors (Lipinski definition) is 3. The van der Waals surface area contributed by atoms with Crippen molar-refractivity contribution in [2.24, 2.45) is 0 Å². The standard InChI is InChI=1S/C16H21NO3/c1-2-3-6-12-20-13-7-4-5-9-15-10-8-11-16(14-15)17(18)19/h8,10-11,14H,2-4,6-7,12-13H2,1H3. The Morgan fingerprint density at radius 2 is 2.05 bits per heavy atom.